The monoisotopic (exact) mass is 273 g/mol. The summed E-state index contributed by atoms with van der Waals surface area (Å²) in [6.45, 7) is 4.31. The largest absolute Gasteiger partial charge is 0.271 e. The fourth-order valence-corrected chi connectivity index (χ4v) is 1.74. The van der Waals surface area contributed by atoms with E-state index >= 15 is 0 Å². The number of allylic oxidation sites excluding steroid dienone is 2. The molecule has 0 aromatic carbocycles. The van der Waals surface area contributed by atoms with Crippen molar-refractivity contribution in [3.63, 3.8) is 0 Å². The number of amides is 1. The lowest BCUT2D eigenvalue weighted by atomic mass is 10.1. The van der Waals surface area contributed by atoms with Crippen LogP contribution in [0.1, 0.15) is 56.3 Å². The third-order valence-corrected chi connectivity index (χ3v) is 2.84. The van der Waals surface area contributed by atoms with Gasteiger partial charge in [0.1, 0.15) is 0 Å². The summed E-state index contributed by atoms with van der Waals surface area (Å²) in [5.74, 6) is -0.215. The first kappa shape index (κ1) is 16.1. The second kappa shape index (κ2) is 9.89. The molecule has 0 fully saturated rings. The number of hydrogen-bond acceptors (Lipinski definition) is 3. The minimum atomic E-state index is -0.215. The number of rotatable bonds is 8. The molecule has 0 bridgehead atoms. The molecule has 1 amide bonds. The molecule has 1 aromatic rings. The maximum atomic E-state index is 11.8. The molecule has 1 heterocycles. The minimum absolute atomic E-state index is 0.215. The van der Waals surface area contributed by atoms with Crippen molar-refractivity contribution in [3.8, 4) is 0 Å². The van der Waals surface area contributed by atoms with Crippen molar-refractivity contribution in [3.05, 3.63) is 41.7 Å². The van der Waals surface area contributed by atoms with Gasteiger partial charge in [-0.3, -0.25) is 9.78 Å². The number of pyridine rings is 1. The Bertz CT molecular complexity index is 452. The molecule has 0 radical (unpaired) electrons. The van der Waals surface area contributed by atoms with Gasteiger partial charge in [0, 0.05) is 18.0 Å². The highest BCUT2D eigenvalue weighted by Crippen LogP contribution is 2.06. The third-order valence-electron chi connectivity index (χ3n) is 2.84. The maximum Gasteiger partial charge on any atom is 0.271 e. The van der Waals surface area contributed by atoms with Crippen LogP contribution in [0.2, 0.25) is 0 Å². The SMILES string of the molecule is CCCC/C=C(\C=N\NC(=O)c1ccncc1)CCC. The van der Waals surface area contributed by atoms with E-state index in [0.29, 0.717) is 5.56 Å². The lowest BCUT2D eigenvalue weighted by Crippen LogP contribution is -2.17. The zero-order valence-electron chi connectivity index (χ0n) is 12.3. The number of hydrogen-bond donors (Lipinski definition) is 1. The molecule has 4 nitrogen and oxygen atoms in total. The average Bonchev–Trinajstić information content (AvgIpc) is 2.48. The van der Waals surface area contributed by atoms with Crippen LogP contribution >= 0.6 is 0 Å². The molecule has 1 rings (SSSR count). The quantitative estimate of drug-likeness (QED) is 0.446. The van der Waals surface area contributed by atoms with Crippen LogP contribution in [0.3, 0.4) is 0 Å². The van der Waals surface area contributed by atoms with Gasteiger partial charge in [-0.05, 0) is 30.5 Å². The molecule has 0 aliphatic carbocycles. The normalized spacial score (nSPS) is 11.8. The predicted molar refractivity (Wildman–Crippen MR) is 82.7 cm³/mol. The third kappa shape index (κ3) is 6.27. The Morgan fingerprint density at radius 3 is 2.70 bits per heavy atom. The Labute approximate surface area is 121 Å². The van der Waals surface area contributed by atoms with Crippen molar-refractivity contribution in [2.24, 2.45) is 5.10 Å². The Morgan fingerprint density at radius 2 is 2.05 bits per heavy atom. The first-order valence-corrected chi connectivity index (χ1v) is 7.20. The summed E-state index contributed by atoms with van der Waals surface area (Å²) >= 11 is 0. The zero-order valence-corrected chi connectivity index (χ0v) is 12.3. The fourth-order valence-electron chi connectivity index (χ4n) is 1.74. The molecule has 0 unspecified atom stereocenters. The molecule has 0 aliphatic heterocycles. The van der Waals surface area contributed by atoms with Gasteiger partial charge in [0.05, 0.1) is 6.21 Å². The van der Waals surface area contributed by atoms with Gasteiger partial charge in [0.15, 0.2) is 0 Å². The van der Waals surface area contributed by atoms with E-state index in [1.165, 1.54) is 18.4 Å². The van der Waals surface area contributed by atoms with E-state index in [2.05, 4.69) is 35.4 Å². The molecule has 0 saturated heterocycles. The molecule has 20 heavy (non-hydrogen) atoms. The Morgan fingerprint density at radius 1 is 1.30 bits per heavy atom. The van der Waals surface area contributed by atoms with E-state index in [1.807, 2.05) is 0 Å². The minimum Gasteiger partial charge on any atom is -0.267 e. The summed E-state index contributed by atoms with van der Waals surface area (Å²) < 4.78 is 0. The number of hydrazone groups is 1. The number of nitrogens with zero attached hydrogens (tertiary/aromatic N) is 2. The summed E-state index contributed by atoms with van der Waals surface area (Å²) in [7, 11) is 0. The molecule has 0 spiro atoms. The first-order chi connectivity index (χ1) is 9.77. The van der Waals surface area contributed by atoms with E-state index in [4.69, 9.17) is 0 Å². The van der Waals surface area contributed by atoms with Gasteiger partial charge in [-0.25, -0.2) is 5.43 Å². The topological polar surface area (TPSA) is 54.4 Å². The van der Waals surface area contributed by atoms with Crippen LogP contribution in [0.15, 0.2) is 41.3 Å². The predicted octanol–water partition coefficient (Wildman–Crippen LogP) is 3.71. The van der Waals surface area contributed by atoms with Crippen LogP contribution in [0, 0.1) is 0 Å². The Balaban J connectivity index is 2.52. The number of carbonyl (C=O) groups is 1. The molecule has 108 valence electrons. The number of aromatic nitrogens is 1. The van der Waals surface area contributed by atoms with Gasteiger partial charge in [-0.1, -0.05) is 39.2 Å². The number of unbranched alkanes of at least 4 members (excludes halogenated alkanes) is 2. The summed E-state index contributed by atoms with van der Waals surface area (Å²) in [4.78, 5) is 15.6. The summed E-state index contributed by atoms with van der Waals surface area (Å²) in [5, 5.41) is 4.03. The maximum absolute atomic E-state index is 11.8. The van der Waals surface area contributed by atoms with Gasteiger partial charge in [0.2, 0.25) is 0 Å². The number of nitrogens with one attached hydrogen (secondary N) is 1. The fraction of sp³-hybridized carbons (Fsp3) is 0.438. The van der Waals surface area contributed by atoms with Gasteiger partial charge < -0.3 is 0 Å². The van der Waals surface area contributed by atoms with Crippen molar-refractivity contribution in [2.75, 3.05) is 0 Å². The molecule has 4 heteroatoms. The van der Waals surface area contributed by atoms with E-state index in [0.717, 1.165) is 19.3 Å². The van der Waals surface area contributed by atoms with Gasteiger partial charge in [0.25, 0.3) is 5.91 Å². The van der Waals surface area contributed by atoms with Crippen LogP contribution in [0.4, 0.5) is 0 Å². The highest BCUT2D eigenvalue weighted by Gasteiger charge is 2.02. The van der Waals surface area contributed by atoms with Crippen LogP contribution in [-0.2, 0) is 0 Å². The van der Waals surface area contributed by atoms with E-state index in [9.17, 15) is 4.79 Å². The Kier molecular flexibility index (Phi) is 7.96. The summed E-state index contributed by atoms with van der Waals surface area (Å²) in [5.41, 5.74) is 4.28. The van der Waals surface area contributed by atoms with Crippen LogP contribution in [0.25, 0.3) is 0 Å². The van der Waals surface area contributed by atoms with Crippen LogP contribution in [0.5, 0.6) is 0 Å². The smallest absolute Gasteiger partial charge is 0.267 e. The van der Waals surface area contributed by atoms with Gasteiger partial charge in [-0.15, -0.1) is 0 Å². The molecule has 1 aromatic heterocycles. The lowest BCUT2D eigenvalue weighted by Gasteiger charge is -2.01. The van der Waals surface area contributed by atoms with Crippen molar-refractivity contribution in [1.82, 2.24) is 10.4 Å². The molecule has 0 saturated carbocycles. The second-order valence-corrected chi connectivity index (χ2v) is 4.61. The summed E-state index contributed by atoms with van der Waals surface area (Å²) in [6.07, 6.45) is 12.6. The van der Waals surface area contributed by atoms with Crippen molar-refractivity contribution in [1.29, 1.82) is 0 Å². The molecule has 0 atom stereocenters. The van der Waals surface area contributed by atoms with Gasteiger partial charge >= 0.3 is 0 Å². The molecular formula is C16H23N3O. The standard InChI is InChI=1S/C16H23N3O/c1-3-5-6-8-14(7-4-2)13-18-19-16(20)15-9-11-17-12-10-15/h8-13H,3-7H2,1-2H3,(H,19,20)/b14-8-,18-13+. The highest BCUT2D eigenvalue weighted by molar-refractivity contribution is 5.94. The van der Waals surface area contributed by atoms with Crippen LogP contribution < -0.4 is 5.43 Å². The molecular weight excluding hydrogens is 250 g/mol. The number of carbonyl (C=O) groups excluding carboxylic acids is 1. The van der Waals surface area contributed by atoms with Crippen LogP contribution in [-0.4, -0.2) is 17.1 Å². The second-order valence-electron chi connectivity index (χ2n) is 4.61. The van der Waals surface area contributed by atoms with E-state index in [-0.39, 0.29) is 5.91 Å². The summed E-state index contributed by atoms with van der Waals surface area (Å²) in [6, 6.07) is 3.32. The van der Waals surface area contributed by atoms with E-state index in [1.54, 1.807) is 30.7 Å². The zero-order chi connectivity index (χ0) is 14.6. The lowest BCUT2D eigenvalue weighted by molar-refractivity contribution is 0.0955. The van der Waals surface area contributed by atoms with E-state index < -0.39 is 0 Å². The molecule has 1 N–H and O–H groups in total. The highest BCUT2D eigenvalue weighted by atomic mass is 16.2. The average molecular weight is 273 g/mol. The molecule has 0 aliphatic rings. The first-order valence-electron chi connectivity index (χ1n) is 7.20. The van der Waals surface area contributed by atoms with Crippen molar-refractivity contribution in [2.45, 2.75) is 46.0 Å². The van der Waals surface area contributed by atoms with Crippen molar-refractivity contribution < 1.29 is 4.79 Å². The Hall–Kier alpha value is -1.97. The van der Waals surface area contributed by atoms with Crippen molar-refractivity contribution >= 4 is 12.1 Å². The van der Waals surface area contributed by atoms with Gasteiger partial charge in [-0.2, -0.15) is 5.10 Å².